The summed E-state index contributed by atoms with van der Waals surface area (Å²) in [6.45, 7) is 0. The number of alkyl halides is 2. The number of halogens is 2. The fourth-order valence-electron chi connectivity index (χ4n) is 0.749. The molecule has 0 aromatic carbocycles. The van der Waals surface area contributed by atoms with E-state index in [1.165, 1.54) is 25.7 Å². The van der Waals surface area contributed by atoms with E-state index in [0.717, 1.165) is 17.6 Å². The van der Waals surface area contributed by atoms with Crippen molar-refractivity contribution in [3.05, 3.63) is 6.42 Å². The van der Waals surface area contributed by atoms with E-state index >= 15 is 0 Å². The van der Waals surface area contributed by atoms with Crippen molar-refractivity contribution < 1.29 is 0 Å². The molecule has 0 N–H and O–H groups in total. The summed E-state index contributed by atoms with van der Waals surface area (Å²) >= 11 is 8.91. The van der Waals surface area contributed by atoms with E-state index in [2.05, 4.69) is 22.4 Å². The van der Waals surface area contributed by atoms with Crippen LogP contribution in [0, 0.1) is 6.42 Å². The first-order valence-corrected chi connectivity index (χ1v) is 5.51. The van der Waals surface area contributed by atoms with Gasteiger partial charge in [-0.05, 0) is 25.7 Å². The van der Waals surface area contributed by atoms with Crippen LogP contribution < -0.4 is 0 Å². The van der Waals surface area contributed by atoms with Crippen LogP contribution in [0.1, 0.15) is 32.1 Å². The van der Waals surface area contributed by atoms with Gasteiger partial charge in [0.15, 0.2) is 0 Å². The molecule has 0 spiro atoms. The highest BCUT2D eigenvalue weighted by atomic mass is 79.9. The summed E-state index contributed by atoms with van der Waals surface area (Å²) in [5, 5.41) is 1.12. The van der Waals surface area contributed by atoms with Gasteiger partial charge < -0.3 is 0 Å². The first-order valence-electron chi connectivity index (χ1n) is 3.85. The van der Waals surface area contributed by atoms with Gasteiger partial charge in [0, 0.05) is 11.2 Å². The fraction of sp³-hybridized carbons (Fsp3) is 0.875. The van der Waals surface area contributed by atoms with Crippen molar-refractivity contribution >= 4 is 27.5 Å². The molecular formula is C8H15BrCl. The molecule has 0 atom stereocenters. The zero-order valence-electron chi connectivity index (χ0n) is 6.28. The number of hydrogen-bond acceptors (Lipinski definition) is 0. The van der Waals surface area contributed by atoms with E-state index in [0.29, 0.717) is 0 Å². The highest BCUT2D eigenvalue weighted by molar-refractivity contribution is 9.09. The minimum absolute atomic E-state index is 0.812. The molecule has 0 aromatic rings. The molecule has 0 rings (SSSR count). The summed E-state index contributed by atoms with van der Waals surface area (Å²) in [5.74, 6) is 0.812. The Balaban J connectivity index is 2.65. The molecule has 0 aliphatic carbocycles. The Hall–Kier alpha value is 0.770. The van der Waals surface area contributed by atoms with Gasteiger partial charge in [0.1, 0.15) is 0 Å². The second-order valence-corrected chi connectivity index (χ2v) is 3.48. The molecule has 0 saturated carbocycles. The summed E-state index contributed by atoms with van der Waals surface area (Å²) in [5.41, 5.74) is 0. The van der Waals surface area contributed by atoms with Crippen molar-refractivity contribution in [2.24, 2.45) is 0 Å². The van der Waals surface area contributed by atoms with Crippen LogP contribution >= 0.6 is 27.5 Å². The first-order chi connectivity index (χ1) is 4.91. The predicted octanol–water partition coefficient (Wildman–Crippen LogP) is 3.77. The molecule has 0 amide bonds. The molecule has 10 heavy (non-hydrogen) atoms. The average molecular weight is 227 g/mol. The Morgan fingerprint density at radius 2 is 1.80 bits per heavy atom. The molecule has 0 saturated heterocycles. The molecule has 61 valence electrons. The monoisotopic (exact) mass is 225 g/mol. The van der Waals surface area contributed by atoms with E-state index in [9.17, 15) is 0 Å². The lowest BCUT2D eigenvalue weighted by molar-refractivity contribution is 0.743. The van der Waals surface area contributed by atoms with Crippen molar-refractivity contribution in [3.8, 4) is 0 Å². The molecule has 0 heterocycles. The molecule has 0 bridgehead atoms. The molecule has 0 fully saturated rings. The summed E-state index contributed by atoms with van der Waals surface area (Å²) in [7, 11) is 0. The van der Waals surface area contributed by atoms with Gasteiger partial charge in [0.25, 0.3) is 0 Å². The van der Waals surface area contributed by atoms with Crippen LogP contribution in [0.5, 0.6) is 0 Å². The fourth-order valence-corrected chi connectivity index (χ4v) is 1.26. The summed E-state index contributed by atoms with van der Waals surface area (Å²) in [6, 6.07) is 0. The molecule has 0 nitrogen and oxygen atoms in total. The normalized spacial score (nSPS) is 10.2. The minimum Gasteiger partial charge on any atom is -0.127 e. The molecule has 1 radical (unpaired) electrons. The molecule has 0 aromatic heterocycles. The lowest BCUT2D eigenvalue weighted by atomic mass is 10.1. The molecule has 0 aliphatic rings. The van der Waals surface area contributed by atoms with Crippen molar-refractivity contribution in [1.29, 1.82) is 0 Å². The highest BCUT2D eigenvalue weighted by Crippen LogP contribution is 2.05. The van der Waals surface area contributed by atoms with Crippen LogP contribution in [0.15, 0.2) is 0 Å². The third-order valence-corrected chi connectivity index (χ3v) is 2.16. The quantitative estimate of drug-likeness (QED) is 0.458. The van der Waals surface area contributed by atoms with Gasteiger partial charge in [-0.1, -0.05) is 28.8 Å². The van der Waals surface area contributed by atoms with E-state index in [-0.39, 0.29) is 0 Å². The van der Waals surface area contributed by atoms with E-state index in [1.54, 1.807) is 0 Å². The summed E-state index contributed by atoms with van der Waals surface area (Å²) < 4.78 is 0. The van der Waals surface area contributed by atoms with Gasteiger partial charge in [-0.25, -0.2) is 0 Å². The van der Waals surface area contributed by atoms with Crippen LogP contribution in [-0.4, -0.2) is 11.2 Å². The van der Waals surface area contributed by atoms with Gasteiger partial charge in [-0.2, -0.15) is 0 Å². The minimum atomic E-state index is 0.812. The van der Waals surface area contributed by atoms with Crippen molar-refractivity contribution in [3.63, 3.8) is 0 Å². The molecule has 2 heteroatoms. The molecule has 0 aliphatic heterocycles. The van der Waals surface area contributed by atoms with Crippen LogP contribution in [0.4, 0.5) is 0 Å². The summed E-state index contributed by atoms with van der Waals surface area (Å²) in [6.07, 6.45) is 8.51. The van der Waals surface area contributed by atoms with Crippen LogP contribution in [-0.2, 0) is 0 Å². The van der Waals surface area contributed by atoms with E-state index in [4.69, 9.17) is 11.6 Å². The van der Waals surface area contributed by atoms with E-state index in [1.807, 2.05) is 0 Å². The van der Waals surface area contributed by atoms with Gasteiger partial charge >= 0.3 is 0 Å². The lowest BCUT2D eigenvalue weighted by Crippen LogP contribution is -1.81. The number of rotatable bonds is 7. The van der Waals surface area contributed by atoms with Gasteiger partial charge in [0.2, 0.25) is 0 Å². The third kappa shape index (κ3) is 8.77. The topological polar surface area (TPSA) is 0 Å². The van der Waals surface area contributed by atoms with Crippen molar-refractivity contribution in [2.45, 2.75) is 32.1 Å². The smallest absolute Gasteiger partial charge is 0.0223 e. The SMILES string of the molecule is ClCCCC[CH]CCCBr. The van der Waals surface area contributed by atoms with E-state index < -0.39 is 0 Å². The van der Waals surface area contributed by atoms with Gasteiger partial charge in [-0.3, -0.25) is 0 Å². The van der Waals surface area contributed by atoms with Gasteiger partial charge in [-0.15, -0.1) is 11.6 Å². The Morgan fingerprint density at radius 3 is 2.40 bits per heavy atom. The molecule has 0 unspecified atom stereocenters. The Kier molecular flexibility index (Phi) is 10.5. The van der Waals surface area contributed by atoms with Gasteiger partial charge in [0.05, 0.1) is 0 Å². The van der Waals surface area contributed by atoms with Crippen LogP contribution in [0.2, 0.25) is 0 Å². The van der Waals surface area contributed by atoms with Crippen LogP contribution in [0.3, 0.4) is 0 Å². The maximum atomic E-state index is 5.52. The maximum absolute atomic E-state index is 5.52. The highest BCUT2D eigenvalue weighted by Gasteiger charge is 1.88. The maximum Gasteiger partial charge on any atom is 0.0223 e. The standard InChI is InChI=1S/C8H15BrCl/c9-7-5-3-1-2-4-6-8-10/h1H,2-8H2. The Labute approximate surface area is 77.5 Å². The first kappa shape index (κ1) is 10.8. The average Bonchev–Trinajstić information content (AvgIpc) is 1.97. The predicted molar refractivity (Wildman–Crippen MR) is 51.9 cm³/mol. The second kappa shape index (κ2) is 9.77. The van der Waals surface area contributed by atoms with Crippen molar-refractivity contribution in [1.82, 2.24) is 0 Å². The Morgan fingerprint density at radius 1 is 1.10 bits per heavy atom. The van der Waals surface area contributed by atoms with Crippen molar-refractivity contribution in [2.75, 3.05) is 11.2 Å². The summed E-state index contributed by atoms with van der Waals surface area (Å²) in [4.78, 5) is 0. The number of unbranched alkanes of at least 4 members (excludes halogenated alkanes) is 5. The number of hydrogen-bond donors (Lipinski definition) is 0. The third-order valence-electron chi connectivity index (χ3n) is 1.33. The Bertz CT molecular complexity index is 49.2. The molecular weight excluding hydrogens is 211 g/mol. The van der Waals surface area contributed by atoms with Crippen LogP contribution in [0.25, 0.3) is 0 Å². The zero-order chi connectivity index (χ0) is 7.66. The lowest BCUT2D eigenvalue weighted by Gasteiger charge is -1.96. The zero-order valence-corrected chi connectivity index (χ0v) is 8.62. The second-order valence-electron chi connectivity index (χ2n) is 2.30. The largest absolute Gasteiger partial charge is 0.127 e.